The number of fused-ring (bicyclic) bond motifs is 1. The molecule has 2 aliphatic carbocycles. The number of hydrogen-bond acceptors (Lipinski definition) is 6. The van der Waals surface area contributed by atoms with Crippen molar-refractivity contribution in [3.05, 3.63) is 11.1 Å². The molecule has 2 bridgehead atoms. The predicted octanol–water partition coefficient (Wildman–Crippen LogP) is 5.13. The largest absolute Gasteiger partial charge is 0.465 e. The Morgan fingerprint density at radius 3 is 2.19 bits per heavy atom. The molecule has 1 spiro atoms. The summed E-state index contributed by atoms with van der Waals surface area (Å²) in [6.07, 6.45) is 2.62. The number of carbonyl (C=O) groups excluding carboxylic acids is 2. The van der Waals surface area contributed by atoms with E-state index in [1.807, 2.05) is 0 Å². The van der Waals surface area contributed by atoms with Crippen LogP contribution in [0.25, 0.3) is 0 Å². The Labute approximate surface area is 194 Å². The third-order valence-corrected chi connectivity index (χ3v) is 8.54. The second-order valence-corrected chi connectivity index (χ2v) is 11.4. The standard InChI is InChI=1S/C24H37BrO6/c1-8-28-19(26)23(13-15(3)25,20(27)29-9-2)14-18-30-17-12-16-10-11-24(17,21(16,4)5)22(6,7)31-18/h16-18H,3,8-14H2,1-2,4-7H3/t16-,17-,18-,24-/m0/s1. The zero-order valence-corrected chi connectivity index (χ0v) is 21.3. The van der Waals surface area contributed by atoms with E-state index in [2.05, 4.69) is 50.2 Å². The molecule has 0 unspecified atom stereocenters. The fourth-order valence-electron chi connectivity index (χ4n) is 6.88. The first-order valence-electron chi connectivity index (χ1n) is 11.4. The van der Waals surface area contributed by atoms with Crippen LogP contribution in [0.2, 0.25) is 0 Å². The van der Waals surface area contributed by atoms with Crippen molar-refractivity contribution >= 4 is 27.9 Å². The number of rotatable bonds is 8. The average Bonchev–Trinajstić information content (AvgIpc) is 3.04. The maximum absolute atomic E-state index is 13.1. The summed E-state index contributed by atoms with van der Waals surface area (Å²) in [7, 11) is 0. The van der Waals surface area contributed by atoms with Gasteiger partial charge in [0.2, 0.25) is 0 Å². The zero-order chi connectivity index (χ0) is 23.2. The van der Waals surface area contributed by atoms with Gasteiger partial charge in [-0.05, 0) is 62.8 Å². The molecule has 1 heterocycles. The van der Waals surface area contributed by atoms with Crippen LogP contribution in [-0.4, -0.2) is 43.1 Å². The van der Waals surface area contributed by atoms with Gasteiger partial charge in [0.15, 0.2) is 11.7 Å². The van der Waals surface area contributed by atoms with Crippen LogP contribution in [0.4, 0.5) is 0 Å². The third kappa shape index (κ3) is 3.68. The second-order valence-electron chi connectivity index (χ2n) is 10.3. The van der Waals surface area contributed by atoms with Crippen molar-refractivity contribution < 1.29 is 28.5 Å². The van der Waals surface area contributed by atoms with Crippen molar-refractivity contribution in [2.24, 2.45) is 22.2 Å². The highest BCUT2D eigenvalue weighted by Crippen LogP contribution is 2.72. The summed E-state index contributed by atoms with van der Waals surface area (Å²) >= 11 is 3.33. The first-order chi connectivity index (χ1) is 14.4. The molecule has 3 rings (SSSR count). The van der Waals surface area contributed by atoms with Gasteiger partial charge in [0, 0.05) is 18.3 Å². The first-order valence-corrected chi connectivity index (χ1v) is 12.2. The maximum Gasteiger partial charge on any atom is 0.324 e. The molecule has 0 amide bonds. The van der Waals surface area contributed by atoms with Crippen molar-refractivity contribution in [3.63, 3.8) is 0 Å². The van der Waals surface area contributed by atoms with E-state index in [1.54, 1.807) is 13.8 Å². The van der Waals surface area contributed by atoms with Crippen LogP contribution in [0.1, 0.15) is 73.6 Å². The van der Waals surface area contributed by atoms with E-state index in [4.69, 9.17) is 18.9 Å². The number of esters is 2. The zero-order valence-electron chi connectivity index (χ0n) is 19.7. The highest BCUT2D eigenvalue weighted by molar-refractivity contribution is 9.11. The molecule has 4 atom stereocenters. The van der Waals surface area contributed by atoms with E-state index >= 15 is 0 Å². The summed E-state index contributed by atoms with van der Waals surface area (Å²) in [5, 5.41) is 0. The number of carbonyl (C=O) groups is 2. The van der Waals surface area contributed by atoms with Crippen LogP contribution in [0.15, 0.2) is 11.1 Å². The minimum Gasteiger partial charge on any atom is -0.465 e. The Morgan fingerprint density at radius 2 is 1.71 bits per heavy atom. The SMILES string of the molecule is C=C(Br)CC(C[C@H]1O[C@H]2C[C@@H]3CC[C@@]2(C(C)(C)O1)C3(C)C)(C(=O)OCC)C(=O)OCC. The van der Waals surface area contributed by atoms with Gasteiger partial charge >= 0.3 is 11.9 Å². The highest BCUT2D eigenvalue weighted by Gasteiger charge is 2.73. The Balaban J connectivity index is 1.94. The molecule has 176 valence electrons. The fourth-order valence-corrected chi connectivity index (χ4v) is 7.36. The summed E-state index contributed by atoms with van der Waals surface area (Å²) in [6.45, 7) is 16.5. The van der Waals surface area contributed by atoms with Crippen LogP contribution in [-0.2, 0) is 28.5 Å². The summed E-state index contributed by atoms with van der Waals surface area (Å²) in [4.78, 5) is 26.2. The van der Waals surface area contributed by atoms with Crippen LogP contribution in [0.5, 0.6) is 0 Å². The Morgan fingerprint density at radius 1 is 1.13 bits per heavy atom. The van der Waals surface area contributed by atoms with Gasteiger partial charge in [-0.3, -0.25) is 9.59 Å². The molecule has 2 saturated carbocycles. The smallest absolute Gasteiger partial charge is 0.324 e. The Bertz CT molecular complexity index is 726. The average molecular weight is 501 g/mol. The molecule has 0 aromatic carbocycles. The number of allylic oxidation sites excluding steroid dienone is 1. The maximum atomic E-state index is 13.1. The molecule has 1 saturated heterocycles. The van der Waals surface area contributed by atoms with E-state index in [0.29, 0.717) is 10.4 Å². The molecule has 7 heteroatoms. The van der Waals surface area contributed by atoms with Crippen molar-refractivity contribution in [2.75, 3.05) is 13.2 Å². The first kappa shape index (κ1) is 24.7. The van der Waals surface area contributed by atoms with Crippen LogP contribution in [0.3, 0.4) is 0 Å². The molecule has 0 aromatic heterocycles. The van der Waals surface area contributed by atoms with Gasteiger partial charge in [-0.2, -0.15) is 0 Å². The molecule has 3 aliphatic rings. The minimum absolute atomic E-state index is 0.0242. The van der Waals surface area contributed by atoms with Gasteiger partial charge in [0.1, 0.15) is 0 Å². The topological polar surface area (TPSA) is 71.1 Å². The molecular weight excluding hydrogens is 464 g/mol. The molecule has 6 nitrogen and oxygen atoms in total. The summed E-state index contributed by atoms with van der Waals surface area (Å²) < 4.78 is 24.2. The summed E-state index contributed by atoms with van der Waals surface area (Å²) in [5.41, 5.74) is -2.02. The molecular formula is C24H37BrO6. The molecule has 0 radical (unpaired) electrons. The lowest BCUT2D eigenvalue weighted by Gasteiger charge is -2.58. The van der Waals surface area contributed by atoms with E-state index in [0.717, 1.165) is 12.8 Å². The van der Waals surface area contributed by atoms with Crippen molar-refractivity contribution in [1.82, 2.24) is 0 Å². The van der Waals surface area contributed by atoms with Gasteiger partial charge < -0.3 is 18.9 Å². The van der Waals surface area contributed by atoms with Crippen molar-refractivity contribution in [3.8, 4) is 0 Å². The van der Waals surface area contributed by atoms with E-state index in [9.17, 15) is 9.59 Å². The molecule has 0 N–H and O–H groups in total. The number of hydrogen-bond donors (Lipinski definition) is 0. The van der Waals surface area contributed by atoms with Gasteiger partial charge in [-0.1, -0.05) is 36.4 Å². The van der Waals surface area contributed by atoms with Gasteiger partial charge in [-0.15, -0.1) is 0 Å². The summed E-state index contributed by atoms with van der Waals surface area (Å²) in [5.74, 6) is -0.679. The van der Waals surface area contributed by atoms with Gasteiger partial charge in [-0.25, -0.2) is 0 Å². The number of ether oxygens (including phenoxy) is 4. The monoisotopic (exact) mass is 500 g/mol. The predicted molar refractivity (Wildman–Crippen MR) is 120 cm³/mol. The van der Waals surface area contributed by atoms with Crippen molar-refractivity contribution in [1.29, 1.82) is 0 Å². The molecule has 1 aliphatic heterocycles. The fraction of sp³-hybridized carbons (Fsp3) is 0.833. The van der Waals surface area contributed by atoms with E-state index < -0.39 is 29.2 Å². The van der Waals surface area contributed by atoms with Crippen LogP contribution >= 0.6 is 15.9 Å². The van der Waals surface area contributed by atoms with Gasteiger partial charge in [0.25, 0.3) is 0 Å². The lowest BCUT2D eigenvalue weighted by molar-refractivity contribution is -0.346. The van der Waals surface area contributed by atoms with Crippen LogP contribution < -0.4 is 0 Å². The molecule has 0 aromatic rings. The minimum atomic E-state index is -1.58. The summed E-state index contributed by atoms with van der Waals surface area (Å²) in [6, 6.07) is 0. The lowest BCUT2D eigenvalue weighted by atomic mass is 9.59. The number of halogens is 1. The van der Waals surface area contributed by atoms with E-state index in [-0.39, 0.29) is 43.0 Å². The third-order valence-electron chi connectivity index (χ3n) is 8.26. The molecule has 31 heavy (non-hydrogen) atoms. The Kier molecular flexibility index (Phi) is 6.74. The van der Waals surface area contributed by atoms with Crippen LogP contribution in [0, 0.1) is 22.2 Å². The van der Waals surface area contributed by atoms with Gasteiger partial charge in [0.05, 0.1) is 24.9 Å². The Hall–Kier alpha value is -0.920. The quantitative estimate of drug-likeness (QED) is 0.339. The lowest BCUT2D eigenvalue weighted by Crippen LogP contribution is -2.63. The van der Waals surface area contributed by atoms with Crippen molar-refractivity contribution in [2.45, 2.75) is 91.6 Å². The highest BCUT2D eigenvalue weighted by atomic mass is 79.9. The second kappa shape index (κ2) is 8.45. The normalized spacial score (nSPS) is 32.9. The van der Waals surface area contributed by atoms with E-state index in [1.165, 1.54) is 6.42 Å². The molecule has 3 fully saturated rings.